The Bertz CT molecular complexity index is 1830. The molecule has 3 aromatic heterocycles. The number of alkyl halides is 1. The van der Waals surface area contributed by atoms with Crippen LogP contribution in [-0.2, 0) is 22.6 Å². The van der Waals surface area contributed by atoms with Crippen LogP contribution in [0.4, 0.5) is 4.39 Å². The predicted octanol–water partition coefficient (Wildman–Crippen LogP) is 3.95. The van der Waals surface area contributed by atoms with Gasteiger partial charge in [0.1, 0.15) is 24.5 Å². The van der Waals surface area contributed by atoms with Crippen LogP contribution in [0.25, 0.3) is 27.7 Å². The van der Waals surface area contributed by atoms with E-state index in [-0.39, 0.29) is 36.9 Å². The molecule has 10 nitrogen and oxygen atoms in total. The highest BCUT2D eigenvalue weighted by molar-refractivity contribution is 6.06. The first kappa shape index (κ1) is 28.2. The van der Waals surface area contributed by atoms with Crippen molar-refractivity contribution >= 4 is 34.1 Å². The Hall–Kier alpha value is -4.93. The van der Waals surface area contributed by atoms with E-state index in [1.165, 1.54) is 22.1 Å². The number of fused-ring (bicyclic) bond motifs is 2. The lowest BCUT2D eigenvalue weighted by molar-refractivity contribution is -0.139. The average Bonchev–Trinajstić information content (AvgIpc) is 3.69. The summed E-state index contributed by atoms with van der Waals surface area (Å²) in [5.41, 5.74) is 5.19. The SMILES string of the molecule is CC(=O)c1nn(CC(=O)N2C[C@H](F)C[C@H]2C(=O)NCCCc2ccccc2)c2ccc(-c3cnc4cc(C)nn4c3)cc12. The number of amides is 2. The van der Waals surface area contributed by atoms with Gasteiger partial charge in [-0.25, -0.2) is 13.9 Å². The zero-order valence-corrected chi connectivity index (χ0v) is 24.0. The summed E-state index contributed by atoms with van der Waals surface area (Å²) >= 11 is 0. The quantitative estimate of drug-likeness (QED) is 0.208. The first-order valence-electron chi connectivity index (χ1n) is 14.4. The predicted molar refractivity (Wildman–Crippen MR) is 159 cm³/mol. The molecule has 0 unspecified atom stereocenters. The normalized spacial score (nSPS) is 16.7. The largest absolute Gasteiger partial charge is 0.354 e. The number of hydrogen-bond acceptors (Lipinski definition) is 6. The molecule has 0 saturated carbocycles. The summed E-state index contributed by atoms with van der Waals surface area (Å²) in [5.74, 6) is -1.04. The molecule has 0 radical (unpaired) electrons. The number of rotatable bonds is 9. The van der Waals surface area contributed by atoms with E-state index in [2.05, 4.69) is 20.5 Å². The van der Waals surface area contributed by atoms with Crippen LogP contribution in [0.3, 0.4) is 0 Å². The first-order valence-corrected chi connectivity index (χ1v) is 14.4. The second-order valence-electron chi connectivity index (χ2n) is 11.0. The van der Waals surface area contributed by atoms with Crippen molar-refractivity contribution in [2.24, 2.45) is 0 Å². The topological polar surface area (TPSA) is 114 Å². The average molecular weight is 582 g/mol. The summed E-state index contributed by atoms with van der Waals surface area (Å²) in [6.07, 6.45) is 3.81. The number of aromatic nitrogens is 5. The van der Waals surface area contributed by atoms with Crippen molar-refractivity contribution in [3.8, 4) is 11.1 Å². The zero-order valence-electron chi connectivity index (χ0n) is 24.0. The molecular formula is C32H32FN7O3. The molecule has 0 aliphatic carbocycles. The Morgan fingerprint density at radius 1 is 1.05 bits per heavy atom. The fraction of sp³-hybridized carbons (Fsp3) is 0.312. The Kier molecular flexibility index (Phi) is 7.71. The van der Waals surface area contributed by atoms with E-state index in [1.807, 2.05) is 61.7 Å². The minimum Gasteiger partial charge on any atom is -0.354 e. The molecular weight excluding hydrogens is 549 g/mol. The lowest BCUT2D eigenvalue weighted by atomic mass is 10.0. The molecule has 220 valence electrons. The Balaban J connectivity index is 1.18. The van der Waals surface area contributed by atoms with E-state index >= 15 is 0 Å². The third-order valence-corrected chi connectivity index (χ3v) is 7.80. The van der Waals surface area contributed by atoms with Crippen molar-refractivity contribution < 1.29 is 18.8 Å². The number of ketones is 1. The Morgan fingerprint density at radius 3 is 2.65 bits per heavy atom. The highest BCUT2D eigenvalue weighted by Gasteiger charge is 2.39. The van der Waals surface area contributed by atoms with Gasteiger partial charge in [-0.1, -0.05) is 36.4 Å². The van der Waals surface area contributed by atoms with Gasteiger partial charge in [0.25, 0.3) is 0 Å². The van der Waals surface area contributed by atoms with Crippen LogP contribution < -0.4 is 5.32 Å². The van der Waals surface area contributed by atoms with E-state index in [1.54, 1.807) is 16.8 Å². The number of aryl methyl sites for hydroxylation is 2. The molecule has 1 saturated heterocycles. The lowest BCUT2D eigenvalue weighted by Gasteiger charge is -2.23. The highest BCUT2D eigenvalue weighted by atomic mass is 19.1. The van der Waals surface area contributed by atoms with Gasteiger partial charge in [-0.05, 0) is 43.0 Å². The van der Waals surface area contributed by atoms with Crippen molar-refractivity contribution in [1.82, 2.24) is 34.6 Å². The fourth-order valence-electron chi connectivity index (χ4n) is 5.68. The summed E-state index contributed by atoms with van der Waals surface area (Å²) in [4.78, 5) is 44.7. The monoisotopic (exact) mass is 581 g/mol. The third kappa shape index (κ3) is 5.88. The second kappa shape index (κ2) is 11.7. The van der Waals surface area contributed by atoms with Gasteiger partial charge in [0.05, 0.1) is 17.8 Å². The van der Waals surface area contributed by atoms with Crippen molar-refractivity contribution in [3.63, 3.8) is 0 Å². The molecule has 0 spiro atoms. The van der Waals surface area contributed by atoms with Gasteiger partial charge in [-0.3, -0.25) is 19.1 Å². The number of carbonyl (C=O) groups is 3. The van der Waals surface area contributed by atoms with Gasteiger partial charge >= 0.3 is 0 Å². The standard InChI is InChI=1S/C32H32FN7O3/c1-20-13-29-35-16-24(17-40(29)36-20)23-10-11-27-26(14-23)31(21(2)41)37-39(27)19-30(42)38-18-25(33)15-28(38)32(43)34-12-6-9-22-7-4-3-5-8-22/h3-5,7-8,10-11,13-14,16-17,25,28H,6,9,12,15,18-19H2,1-2H3,(H,34,43)/t25-,28+/m1/s1. The van der Waals surface area contributed by atoms with Crippen molar-refractivity contribution in [2.75, 3.05) is 13.1 Å². The van der Waals surface area contributed by atoms with Crippen LogP contribution >= 0.6 is 0 Å². The number of hydrogen-bond donors (Lipinski definition) is 1. The maximum atomic E-state index is 14.5. The van der Waals surface area contributed by atoms with Gasteiger partial charge in [0.15, 0.2) is 11.4 Å². The molecule has 0 bridgehead atoms. The number of halogens is 1. The highest BCUT2D eigenvalue weighted by Crippen LogP contribution is 2.28. The van der Waals surface area contributed by atoms with Crippen molar-refractivity contribution in [1.29, 1.82) is 0 Å². The summed E-state index contributed by atoms with van der Waals surface area (Å²) in [6.45, 7) is 3.36. The number of Topliss-reactive ketones (excluding diaryl/α,β-unsaturated/α-hetero) is 1. The molecule has 2 amide bonds. The van der Waals surface area contributed by atoms with E-state index in [9.17, 15) is 18.8 Å². The van der Waals surface area contributed by atoms with Crippen molar-refractivity contribution in [2.45, 2.75) is 51.9 Å². The molecule has 4 heterocycles. The van der Waals surface area contributed by atoms with Gasteiger partial charge in [-0.2, -0.15) is 10.2 Å². The Labute approximate surface area is 247 Å². The third-order valence-electron chi connectivity index (χ3n) is 7.80. The lowest BCUT2D eigenvalue weighted by Crippen LogP contribution is -2.47. The molecule has 1 N–H and O–H groups in total. The van der Waals surface area contributed by atoms with E-state index in [0.717, 1.165) is 35.3 Å². The van der Waals surface area contributed by atoms with Gasteiger partial charge < -0.3 is 10.2 Å². The van der Waals surface area contributed by atoms with Crippen LogP contribution in [0, 0.1) is 6.92 Å². The molecule has 1 aliphatic heterocycles. The van der Waals surface area contributed by atoms with Crippen LogP contribution in [0.5, 0.6) is 0 Å². The maximum absolute atomic E-state index is 14.5. The summed E-state index contributed by atoms with van der Waals surface area (Å²) < 4.78 is 17.7. The molecule has 1 fully saturated rings. The van der Waals surface area contributed by atoms with E-state index < -0.39 is 18.1 Å². The van der Waals surface area contributed by atoms with Crippen molar-refractivity contribution in [3.05, 3.63) is 83.9 Å². The molecule has 1 aliphatic rings. The van der Waals surface area contributed by atoms with Crippen LogP contribution in [0.2, 0.25) is 0 Å². The molecule has 11 heteroatoms. The minimum absolute atomic E-state index is 0.0493. The minimum atomic E-state index is -1.29. The maximum Gasteiger partial charge on any atom is 0.245 e. The molecule has 5 aromatic rings. The number of nitrogens with zero attached hydrogens (tertiary/aromatic N) is 6. The first-order chi connectivity index (χ1) is 20.8. The number of carbonyl (C=O) groups excluding carboxylic acids is 3. The second-order valence-corrected chi connectivity index (χ2v) is 11.0. The molecule has 2 atom stereocenters. The molecule has 6 rings (SSSR count). The van der Waals surface area contributed by atoms with Gasteiger partial charge in [0, 0.05) is 49.3 Å². The number of nitrogens with one attached hydrogen (secondary N) is 1. The zero-order chi connectivity index (χ0) is 30.1. The molecule has 2 aromatic carbocycles. The van der Waals surface area contributed by atoms with Gasteiger partial charge in [-0.15, -0.1) is 0 Å². The van der Waals surface area contributed by atoms with Gasteiger partial charge in [0.2, 0.25) is 11.8 Å². The van der Waals surface area contributed by atoms with E-state index in [0.29, 0.717) is 17.4 Å². The summed E-state index contributed by atoms with van der Waals surface area (Å²) in [6, 6.07) is 16.5. The summed E-state index contributed by atoms with van der Waals surface area (Å²) in [7, 11) is 0. The number of likely N-dealkylation sites (tertiary alicyclic amines) is 1. The van der Waals surface area contributed by atoms with Crippen LogP contribution in [-0.4, -0.2) is 72.2 Å². The smallest absolute Gasteiger partial charge is 0.245 e. The number of benzene rings is 2. The summed E-state index contributed by atoms with van der Waals surface area (Å²) in [5, 5.41) is 12.3. The molecule has 43 heavy (non-hydrogen) atoms. The van der Waals surface area contributed by atoms with E-state index in [4.69, 9.17) is 0 Å². The Morgan fingerprint density at radius 2 is 1.86 bits per heavy atom. The van der Waals surface area contributed by atoms with Crippen LogP contribution in [0.15, 0.2) is 67.0 Å². The fourth-order valence-corrected chi connectivity index (χ4v) is 5.68. The van der Waals surface area contributed by atoms with Crippen LogP contribution in [0.1, 0.15) is 41.5 Å².